The first-order valence-electron chi connectivity index (χ1n) is 25.3. The predicted molar refractivity (Wildman–Crippen MR) is 295 cm³/mol. The summed E-state index contributed by atoms with van der Waals surface area (Å²) in [4.78, 5) is 2.16. The number of aromatic nitrogens is 1. The fourth-order valence-electron chi connectivity index (χ4n) is 11.4. The smallest absolute Gasteiger partial charge is 0.307 e. The highest BCUT2D eigenvalue weighted by Gasteiger charge is 2.49. The lowest BCUT2D eigenvalue weighted by Gasteiger charge is -2.48. The minimum Gasteiger partial charge on any atom is -0.307 e. The third kappa shape index (κ3) is 8.22. The monoisotopic (exact) mass is 1020 g/mol. The average Bonchev–Trinajstić information content (AvgIpc) is 3.77. The molecule has 11 rings (SSSR count). The molecule has 0 amide bonds. The Morgan fingerprint density at radius 1 is 0.390 bits per heavy atom. The maximum Gasteiger partial charge on any atom is 0.416 e. The van der Waals surface area contributed by atoms with E-state index in [2.05, 4.69) is 119 Å². The Morgan fingerprint density at radius 3 is 1.16 bits per heavy atom. The van der Waals surface area contributed by atoms with Gasteiger partial charge in [-0.25, -0.2) is 0 Å². The maximum absolute atomic E-state index is 14.8. The zero-order valence-electron chi connectivity index (χ0n) is 43.0. The zero-order chi connectivity index (χ0) is 54.4. The van der Waals surface area contributed by atoms with Gasteiger partial charge in [-0.1, -0.05) is 175 Å². The highest BCUT2D eigenvalue weighted by molar-refractivity contribution is 6.13. The van der Waals surface area contributed by atoms with Crippen LogP contribution in [-0.4, -0.2) is 4.57 Å². The Morgan fingerprint density at radius 2 is 0.766 bits per heavy atom. The molecular weight excluding hydrogens is 975 g/mol. The summed E-state index contributed by atoms with van der Waals surface area (Å²) in [5.74, 6) is 0. The number of nitriles is 2. The molecule has 2 heterocycles. The lowest BCUT2D eigenvalue weighted by molar-refractivity contribution is -0.138. The third-order valence-corrected chi connectivity index (χ3v) is 15.1. The molecule has 0 radical (unpaired) electrons. The van der Waals surface area contributed by atoms with Crippen LogP contribution < -0.4 is 4.90 Å². The van der Waals surface area contributed by atoms with Crippen LogP contribution in [0.25, 0.3) is 49.7 Å². The highest BCUT2D eigenvalue weighted by atomic mass is 19.4. The van der Waals surface area contributed by atoms with E-state index in [1.165, 1.54) is 12.1 Å². The number of anilines is 3. The highest BCUT2D eigenvalue weighted by Crippen LogP contribution is 2.62. The lowest BCUT2D eigenvalue weighted by Crippen LogP contribution is -2.39. The maximum atomic E-state index is 14.8. The normalized spacial score (nSPS) is 13.5. The molecule has 4 nitrogen and oxygen atoms in total. The summed E-state index contributed by atoms with van der Waals surface area (Å²) in [6.45, 7) is 13.0. The fourth-order valence-corrected chi connectivity index (χ4v) is 11.4. The van der Waals surface area contributed by atoms with Crippen LogP contribution in [0.2, 0.25) is 0 Å². The van der Waals surface area contributed by atoms with Gasteiger partial charge in [-0.3, -0.25) is 0 Å². The molecule has 0 spiro atoms. The first kappa shape index (κ1) is 50.3. The van der Waals surface area contributed by atoms with Crippen LogP contribution in [0.5, 0.6) is 0 Å². The van der Waals surface area contributed by atoms with E-state index >= 15 is 0 Å². The summed E-state index contributed by atoms with van der Waals surface area (Å²) in [7, 11) is 0. The molecule has 0 fully saturated rings. The Kier molecular flexibility index (Phi) is 11.9. The van der Waals surface area contributed by atoms with Gasteiger partial charge < -0.3 is 9.47 Å². The summed E-state index contributed by atoms with van der Waals surface area (Å²) < 4.78 is 90.8. The molecule has 0 atom stereocenters. The first-order valence-corrected chi connectivity index (χ1v) is 25.3. The third-order valence-electron chi connectivity index (χ3n) is 15.1. The molecule has 0 bridgehead atoms. The van der Waals surface area contributed by atoms with Crippen molar-refractivity contribution in [3.8, 4) is 40.1 Å². The van der Waals surface area contributed by atoms with E-state index in [1.807, 2.05) is 60.7 Å². The molecule has 380 valence electrons. The molecule has 10 aromatic rings. The predicted octanol–water partition coefficient (Wildman–Crippen LogP) is 18.7. The number of alkyl halides is 6. The molecule has 1 aliphatic heterocycles. The number of benzene rings is 9. The second-order valence-electron chi connectivity index (χ2n) is 21.7. The molecule has 9 aromatic carbocycles. The molecule has 0 unspecified atom stereocenters. The van der Waals surface area contributed by atoms with E-state index in [9.17, 15) is 36.9 Å². The van der Waals surface area contributed by atoms with Crippen LogP contribution in [0.4, 0.5) is 43.4 Å². The van der Waals surface area contributed by atoms with E-state index in [1.54, 1.807) is 41.0 Å². The van der Waals surface area contributed by atoms with Crippen molar-refractivity contribution in [3.63, 3.8) is 0 Å². The van der Waals surface area contributed by atoms with Crippen LogP contribution in [-0.2, 0) is 28.6 Å². The number of halogens is 6. The van der Waals surface area contributed by atoms with Crippen molar-refractivity contribution in [3.05, 3.63) is 250 Å². The van der Waals surface area contributed by atoms with Gasteiger partial charge in [0.25, 0.3) is 0 Å². The van der Waals surface area contributed by atoms with Gasteiger partial charge in [0, 0.05) is 33.0 Å². The van der Waals surface area contributed by atoms with Gasteiger partial charge in [0.15, 0.2) is 0 Å². The van der Waals surface area contributed by atoms with Crippen LogP contribution in [0.1, 0.15) is 97.2 Å². The number of rotatable bonds is 6. The van der Waals surface area contributed by atoms with Gasteiger partial charge in [-0.15, -0.1) is 0 Å². The van der Waals surface area contributed by atoms with E-state index in [0.29, 0.717) is 39.2 Å². The molecule has 1 aliphatic rings. The van der Waals surface area contributed by atoms with Crippen molar-refractivity contribution < 1.29 is 26.3 Å². The van der Waals surface area contributed by atoms with E-state index < -0.39 is 28.9 Å². The SMILES string of the molecule is CC(C)(C)c1ccc2c(c1)C(c1ccccc1)(c1ccccc1)c1cc(C(C)(C)C)ccc1N2c1c(-c2ccccc2C#N)ccc(-c2ccccc2C#N)c1-n1c2ccc(C(F)(F)F)cc2c2cc(C(F)(F)F)ccc21. The molecular formula is C67H50F6N4. The Labute approximate surface area is 443 Å². The number of fused-ring (bicyclic) bond motifs is 5. The van der Waals surface area contributed by atoms with Crippen molar-refractivity contribution in [1.82, 2.24) is 4.57 Å². The standard InChI is InChI=1S/C67H50F6N4/c1-63(2,3)45-25-33-59-55(37-45)65(43-19-9-7-10-20-43,44-21-11-8-12-22-44)56-38-46(64(4,5)6)26-34-60(56)77(59)62-52(50-24-16-14-18-42(50)40-75)30-29-51(49-23-15-13-17-41(49)39-74)61(62)76-57-31-27-47(66(68,69)70)35-53(57)54-36-48(67(71,72)73)28-32-58(54)76/h7-38H,1-6H3. The van der Waals surface area contributed by atoms with Crippen LogP contribution in [0, 0.1) is 22.7 Å². The molecule has 77 heavy (non-hydrogen) atoms. The van der Waals surface area contributed by atoms with Crippen molar-refractivity contribution in [2.45, 2.75) is 70.1 Å². The van der Waals surface area contributed by atoms with Crippen LogP contribution in [0.15, 0.2) is 194 Å². The van der Waals surface area contributed by atoms with Gasteiger partial charge in [0.05, 0.1) is 73.6 Å². The van der Waals surface area contributed by atoms with Crippen LogP contribution in [0.3, 0.4) is 0 Å². The molecule has 0 aliphatic carbocycles. The summed E-state index contributed by atoms with van der Waals surface area (Å²) in [5.41, 5.74) is 7.28. The zero-order valence-corrected chi connectivity index (χ0v) is 43.0. The minimum atomic E-state index is -4.84. The summed E-state index contributed by atoms with van der Waals surface area (Å²) in [6.07, 6.45) is -9.67. The van der Waals surface area contributed by atoms with E-state index in [4.69, 9.17) is 0 Å². The van der Waals surface area contributed by atoms with Crippen LogP contribution >= 0.6 is 0 Å². The van der Waals surface area contributed by atoms with Gasteiger partial charge in [0.2, 0.25) is 0 Å². The fraction of sp³-hybridized carbons (Fsp3) is 0.164. The summed E-state index contributed by atoms with van der Waals surface area (Å²) in [6, 6.07) is 62.7. The second kappa shape index (κ2) is 18.2. The van der Waals surface area contributed by atoms with E-state index in [-0.39, 0.29) is 38.2 Å². The topological polar surface area (TPSA) is 55.8 Å². The molecule has 1 aromatic heterocycles. The Hall–Kier alpha value is -8.86. The average molecular weight is 1030 g/mol. The Bertz CT molecular complexity index is 3890. The van der Waals surface area contributed by atoms with Gasteiger partial charge in [-0.2, -0.15) is 36.9 Å². The number of hydrogen-bond acceptors (Lipinski definition) is 3. The molecule has 10 heteroatoms. The quantitative estimate of drug-likeness (QED) is 0.156. The summed E-state index contributed by atoms with van der Waals surface area (Å²) in [5, 5.41) is 21.7. The van der Waals surface area contributed by atoms with E-state index in [0.717, 1.165) is 69.0 Å². The van der Waals surface area contributed by atoms with Gasteiger partial charge in [-0.05, 0) is 105 Å². The van der Waals surface area contributed by atoms with Crippen molar-refractivity contribution in [2.24, 2.45) is 0 Å². The van der Waals surface area contributed by atoms with Gasteiger partial charge >= 0.3 is 12.4 Å². The second-order valence-corrected chi connectivity index (χ2v) is 21.7. The van der Waals surface area contributed by atoms with Gasteiger partial charge in [0.1, 0.15) is 0 Å². The Balaban J connectivity index is 1.43. The molecule has 0 N–H and O–H groups in total. The largest absolute Gasteiger partial charge is 0.416 e. The minimum absolute atomic E-state index is 0.0644. The lowest BCUT2D eigenvalue weighted by atomic mass is 9.61. The number of hydrogen-bond donors (Lipinski definition) is 0. The van der Waals surface area contributed by atoms with Crippen molar-refractivity contribution in [1.29, 1.82) is 10.5 Å². The number of nitrogens with zero attached hydrogens (tertiary/aromatic N) is 4. The van der Waals surface area contributed by atoms with Crippen molar-refractivity contribution >= 4 is 38.9 Å². The molecule has 0 saturated heterocycles. The first-order chi connectivity index (χ1) is 36.7. The molecule has 0 saturated carbocycles. The van der Waals surface area contributed by atoms with Crippen molar-refractivity contribution in [2.75, 3.05) is 4.90 Å². The summed E-state index contributed by atoms with van der Waals surface area (Å²) >= 11 is 0.